The summed E-state index contributed by atoms with van der Waals surface area (Å²) in [6.45, 7) is 2.19. The number of aromatic nitrogens is 1. The Labute approximate surface area is 152 Å². The molecule has 3 N–H and O–H groups in total. The molecule has 9 heteroatoms. The number of amides is 1. The van der Waals surface area contributed by atoms with Gasteiger partial charge in [0.2, 0.25) is 0 Å². The Morgan fingerprint density at radius 2 is 2.15 bits per heavy atom. The second-order valence-corrected chi connectivity index (χ2v) is 6.61. The molecule has 0 spiro atoms. The number of para-hydroxylation sites is 2. The van der Waals surface area contributed by atoms with Crippen LogP contribution in [0.25, 0.3) is 10.2 Å². The van der Waals surface area contributed by atoms with Crippen LogP contribution in [-0.2, 0) is 11.3 Å². The Morgan fingerprint density at radius 3 is 2.85 bits per heavy atom. The number of nitro groups is 1. The highest BCUT2D eigenvalue weighted by Gasteiger charge is 2.22. The molecule has 0 atom stereocenters. The summed E-state index contributed by atoms with van der Waals surface area (Å²) in [6, 6.07) is 7.80. The van der Waals surface area contributed by atoms with Crippen LogP contribution >= 0.6 is 11.3 Å². The van der Waals surface area contributed by atoms with E-state index in [9.17, 15) is 14.9 Å². The van der Waals surface area contributed by atoms with Crippen LogP contribution in [0.3, 0.4) is 0 Å². The fourth-order valence-electron chi connectivity index (χ4n) is 2.69. The summed E-state index contributed by atoms with van der Waals surface area (Å²) in [6.07, 6.45) is 0. The number of carbonyl (C=O) groups is 1. The first-order valence-electron chi connectivity index (χ1n) is 7.64. The van der Waals surface area contributed by atoms with Gasteiger partial charge >= 0.3 is 0 Å². The van der Waals surface area contributed by atoms with Crippen molar-refractivity contribution in [1.29, 1.82) is 0 Å². The number of nitrogens with two attached hydrogens (primary N) is 1. The average Bonchev–Trinajstić information content (AvgIpc) is 2.92. The third-order valence-corrected chi connectivity index (χ3v) is 4.86. The monoisotopic (exact) mass is 372 g/mol. The van der Waals surface area contributed by atoms with Gasteiger partial charge in [0.25, 0.3) is 11.6 Å². The summed E-state index contributed by atoms with van der Waals surface area (Å²) in [7, 11) is 1.58. The lowest BCUT2D eigenvalue weighted by Gasteiger charge is -2.06. The molecule has 0 saturated heterocycles. The number of rotatable bonds is 5. The first-order chi connectivity index (χ1) is 12.4. The lowest BCUT2D eigenvalue weighted by molar-refractivity contribution is -0.383. The molecule has 3 aromatic rings. The topological polar surface area (TPSA) is 120 Å². The summed E-state index contributed by atoms with van der Waals surface area (Å²) < 4.78 is 5.20. The Kier molecular flexibility index (Phi) is 4.83. The summed E-state index contributed by atoms with van der Waals surface area (Å²) >= 11 is 1.15. The molecule has 26 heavy (non-hydrogen) atoms. The zero-order chi connectivity index (χ0) is 18.8. The molecule has 2 aromatic heterocycles. The molecule has 2 heterocycles. The van der Waals surface area contributed by atoms with Crippen LogP contribution in [0, 0.1) is 17.0 Å². The number of nitro benzene ring substituents is 1. The zero-order valence-corrected chi connectivity index (χ0v) is 14.9. The van der Waals surface area contributed by atoms with Crippen LogP contribution in [0.15, 0.2) is 30.3 Å². The number of aryl methyl sites for hydroxylation is 1. The third-order valence-electron chi connectivity index (χ3n) is 3.76. The second kappa shape index (κ2) is 7.06. The molecule has 3 rings (SSSR count). The maximum absolute atomic E-state index is 12.7. The average molecular weight is 372 g/mol. The van der Waals surface area contributed by atoms with Crippen LogP contribution in [0.4, 0.5) is 17.1 Å². The molecule has 0 bridgehead atoms. The molecule has 0 aliphatic rings. The van der Waals surface area contributed by atoms with Crippen LogP contribution in [-0.4, -0.2) is 22.9 Å². The summed E-state index contributed by atoms with van der Waals surface area (Å²) in [5, 5.41) is 14.4. The number of hydrogen-bond donors (Lipinski definition) is 2. The smallest absolute Gasteiger partial charge is 0.292 e. The quantitative estimate of drug-likeness (QED) is 0.522. The molecule has 0 fully saturated rings. The number of methoxy groups -OCH3 is 1. The summed E-state index contributed by atoms with van der Waals surface area (Å²) in [5.74, 6) is -0.513. The van der Waals surface area contributed by atoms with Crippen molar-refractivity contribution in [2.75, 3.05) is 18.2 Å². The largest absolute Gasteiger partial charge is 0.397 e. The van der Waals surface area contributed by atoms with Gasteiger partial charge in [-0.15, -0.1) is 11.3 Å². The van der Waals surface area contributed by atoms with E-state index in [1.54, 1.807) is 13.2 Å². The van der Waals surface area contributed by atoms with E-state index in [0.717, 1.165) is 22.6 Å². The van der Waals surface area contributed by atoms with Gasteiger partial charge in [0, 0.05) is 24.3 Å². The normalized spacial score (nSPS) is 10.8. The number of carbonyl (C=O) groups excluding carboxylic acids is 1. The van der Waals surface area contributed by atoms with Crippen molar-refractivity contribution < 1.29 is 14.5 Å². The lowest BCUT2D eigenvalue weighted by Crippen LogP contribution is -2.13. The fourth-order valence-corrected chi connectivity index (χ4v) is 3.77. The van der Waals surface area contributed by atoms with Gasteiger partial charge in [0.05, 0.1) is 17.2 Å². The highest BCUT2D eigenvalue weighted by molar-refractivity contribution is 7.21. The van der Waals surface area contributed by atoms with Gasteiger partial charge in [-0.2, -0.15) is 0 Å². The Bertz CT molecular complexity index is 1020. The van der Waals surface area contributed by atoms with Crippen LogP contribution in [0.5, 0.6) is 0 Å². The molecule has 0 unspecified atom stereocenters. The van der Waals surface area contributed by atoms with Gasteiger partial charge in [-0.3, -0.25) is 14.9 Å². The molecule has 0 aliphatic heterocycles. The van der Waals surface area contributed by atoms with Gasteiger partial charge in [-0.1, -0.05) is 12.1 Å². The van der Waals surface area contributed by atoms with Gasteiger partial charge in [0.1, 0.15) is 15.4 Å². The SMILES string of the molecule is COCc1cc(C)nc2sc(C(=O)Nc3ccccc3[N+](=O)[O-])c(N)c12. The van der Waals surface area contributed by atoms with E-state index in [2.05, 4.69) is 10.3 Å². The van der Waals surface area contributed by atoms with E-state index < -0.39 is 10.8 Å². The number of pyridine rings is 1. The van der Waals surface area contributed by atoms with Crippen molar-refractivity contribution in [2.45, 2.75) is 13.5 Å². The van der Waals surface area contributed by atoms with Crippen LogP contribution in [0.1, 0.15) is 20.9 Å². The third kappa shape index (κ3) is 3.22. The predicted molar refractivity (Wildman–Crippen MR) is 101 cm³/mol. The molecule has 8 nitrogen and oxygen atoms in total. The number of hydrogen-bond acceptors (Lipinski definition) is 7. The highest BCUT2D eigenvalue weighted by Crippen LogP contribution is 2.36. The van der Waals surface area contributed by atoms with E-state index >= 15 is 0 Å². The lowest BCUT2D eigenvalue weighted by atomic mass is 10.1. The Morgan fingerprint density at radius 1 is 1.42 bits per heavy atom. The summed E-state index contributed by atoms with van der Waals surface area (Å²) in [4.78, 5) is 28.5. The Balaban J connectivity index is 2.03. The second-order valence-electron chi connectivity index (χ2n) is 5.61. The number of ether oxygens (including phenoxy) is 1. The highest BCUT2D eigenvalue weighted by atomic mass is 32.1. The number of anilines is 2. The maximum Gasteiger partial charge on any atom is 0.292 e. The van der Waals surface area contributed by atoms with Crippen molar-refractivity contribution in [3.63, 3.8) is 0 Å². The standard InChI is InChI=1S/C17H16N4O4S/c1-9-7-10(8-25-2)13-14(18)15(26-17(13)19-9)16(22)20-11-5-3-4-6-12(11)21(23)24/h3-7H,8,18H2,1-2H3,(H,20,22). The fraction of sp³-hybridized carbons (Fsp3) is 0.176. The van der Waals surface area contributed by atoms with Crippen LogP contribution < -0.4 is 11.1 Å². The van der Waals surface area contributed by atoms with Crippen molar-refractivity contribution in [1.82, 2.24) is 4.98 Å². The Hall–Kier alpha value is -3.04. The molecular weight excluding hydrogens is 356 g/mol. The van der Waals surface area contributed by atoms with E-state index in [-0.39, 0.29) is 16.3 Å². The molecule has 1 aromatic carbocycles. The van der Waals surface area contributed by atoms with Gasteiger partial charge in [-0.05, 0) is 24.6 Å². The molecule has 0 aliphatic carbocycles. The van der Waals surface area contributed by atoms with Crippen LogP contribution in [0.2, 0.25) is 0 Å². The summed E-state index contributed by atoms with van der Waals surface area (Å²) in [5.41, 5.74) is 8.04. The van der Waals surface area contributed by atoms with Gasteiger partial charge in [0.15, 0.2) is 0 Å². The molecule has 134 valence electrons. The number of nitrogen functional groups attached to an aromatic ring is 1. The van der Waals surface area contributed by atoms with E-state index in [4.69, 9.17) is 10.5 Å². The van der Waals surface area contributed by atoms with E-state index in [1.165, 1.54) is 18.2 Å². The van der Waals surface area contributed by atoms with Crippen molar-refractivity contribution in [3.8, 4) is 0 Å². The first-order valence-corrected chi connectivity index (χ1v) is 8.46. The molecule has 0 radical (unpaired) electrons. The van der Waals surface area contributed by atoms with E-state index in [1.807, 2.05) is 13.0 Å². The van der Waals surface area contributed by atoms with Crippen molar-refractivity contribution in [2.24, 2.45) is 0 Å². The molecule has 0 saturated carbocycles. The molecule has 1 amide bonds. The number of nitrogens with one attached hydrogen (secondary N) is 1. The minimum atomic E-state index is -0.550. The first kappa shape index (κ1) is 17.8. The van der Waals surface area contributed by atoms with E-state index in [0.29, 0.717) is 22.5 Å². The van der Waals surface area contributed by atoms with Crippen molar-refractivity contribution >= 4 is 44.5 Å². The van der Waals surface area contributed by atoms with Crippen molar-refractivity contribution in [3.05, 3.63) is 56.6 Å². The maximum atomic E-state index is 12.7. The van der Waals surface area contributed by atoms with Gasteiger partial charge < -0.3 is 15.8 Å². The minimum Gasteiger partial charge on any atom is -0.397 e. The number of thiophene rings is 1. The predicted octanol–water partition coefficient (Wildman–Crippen LogP) is 3.49. The molecular formula is C17H16N4O4S. The zero-order valence-electron chi connectivity index (χ0n) is 14.1. The number of benzene rings is 1. The number of fused-ring (bicyclic) bond motifs is 1. The number of nitrogens with zero attached hydrogens (tertiary/aromatic N) is 2. The van der Waals surface area contributed by atoms with Gasteiger partial charge in [-0.25, -0.2) is 4.98 Å². The minimum absolute atomic E-state index is 0.112.